The molecule has 2 unspecified atom stereocenters. The van der Waals surface area contributed by atoms with Crippen LogP contribution in [0, 0.1) is 12.7 Å². The average Bonchev–Trinajstić information content (AvgIpc) is 2.35. The summed E-state index contributed by atoms with van der Waals surface area (Å²) >= 11 is 0. The maximum absolute atomic E-state index is 13.1. The second-order valence-corrected chi connectivity index (χ2v) is 7.77. The molecule has 20 heavy (non-hydrogen) atoms. The zero-order valence-corrected chi connectivity index (χ0v) is 13.4. The molecule has 1 rings (SSSR count). The Morgan fingerprint density at radius 2 is 2.00 bits per heavy atom. The summed E-state index contributed by atoms with van der Waals surface area (Å²) in [5.41, 5.74) is 1.84. The molecule has 0 aliphatic heterocycles. The Kier molecular flexibility index (Phi) is 6.14. The molecule has 0 radical (unpaired) electrons. The van der Waals surface area contributed by atoms with Gasteiger partial charge in [-0.15, -0.1) is 0 Å². The SMILES string of the molecule is CCCNC(Cc1ccc(F)cc1C)C(C)S(C)(=O)=O. The third-order valence-corrected chi connectivity index (χ3v) is 5.32. The molecule has 2 atom stereocenters. The van der Waals surface area contributed by atoms with E-state index in [1.54, 1.807) is 13.0 Å². The van der Waals surface area contributed by atoms with Crippen molar-refractivity contribution in [1.29, 1.82) is 0 Å². The van der Waals surface area contributed by atoms with Crippen LogP contribution < -0.4 is 5.32 Å². The molecule has 0 fully saturated rings. The lowest BCUT2D eigenvalue weighted by Gasteiger charge is -2.24. The predicted molar refractivity (Wildman–Crippen MR) is 81.2 cm³/mol. The summed E-state index contributed by atoms with van der Waals surface area (Å²) in [5, 5.41) is 2.82. The fraction of sp³-hybridized carbons (Fsp3) is 0.600. The highest BCUT2D eigenvalue weighted by Crippen LogP contribution is 2.16. The molecule has 0 spiro atoms. The first-order chi connectivity index (χ1) is 9.25. The summed E-state index contributed by atoms with van der Waals surface area (Å²) < 4.78 is 36.7. The first kappa shape index (κ1) is 17.1. The van der Waals surface area contributed by atoms with Gasteiger partial charge in [-0.3, -0.25) is 0 Å². The van der Waals surface area contributed by atoms with E-state index in [-0.39, 0.29) is 11.9 Å². The number of rotatable bonds is 7. The van der Waals surface area contributed by atoms with E-state index in [9.17, 15) is 12.8 Å². The minimum Gasteiger partial charge on any atom is -0.312 e. The van der Waals surface area contributed by atoms with Crippen molar-refractivity contribution in [2.24, 2.45) is 0 Å². The van der Waals surface area contributed by atoms with Crippen molar-refractivity contribution >= 4 is 9.84 Å². The van der Waals surface area contributed by atoms with Gasteiger partial charge in [-0.1, -0.05) is 13.0 Å². The van der Waals surface area contributed by atoms with Crippen molar-refractivity contribution in [2.45, 2.75) is 44.9 Å². The maximum atomic E-state index is 13.1. The topological polar surface area (TPSA) is 46.2 Å². The number of aryl methyl sites for hydroxylation is 1. The van der Waals surface area contributed by atoms with Gasteiger partial charge in [-0.2, -0.15) is 0 Å². The van der Waals surface area contributed by atoms with E-state index in [2.05, 4.69) is 5.32 Å². The number of hydrogen-bond donors (Lipinski definition) is 1. The van der Waals surface area contributed by atoms with E-state index >= 15 is 0 Å². The standard InChI is InChI=1S/C15H24FNO2S/c1-5-8-17-15(12(3)20(4,18)19)10-13-6-7-14(16)9-11(13)2/h6-7,9,12,15,17H,5,8,10H2,1-4H3. The Labute approximate surface area is 121 Å². The molecule has 1 aromatic rings. The first-order valence-electron chi connectivity index (χ1n) is 6.93. The van der Waals surface area contributed by atoms with Crippen molar-refractivity contribution < 1.29 is 12.8 Å². The third-order valence-electron chi connectivity index (χ3n) is 3.64. The summed E-state index contributed by atoms with van der Waals surface area (Å²) in [5.74, 6) is -0.263. The van der Waals surface area contributed by atoms with Gasteiger partial charge in [0, 0.05) is 12.3 Å². The molecule has 0 aliphatic carbocycles. The molecule has 1 N–H and O–H groups in total. The zero-order valence-electron chi connectivity index (χ0n) is 12.6. The van der Waals surface area contributed by atoms with Gasteiger partial charge in [0.2, 0.25) is 0 Å². The van der Waals surface area contributed by atoms with Crippen LogP contribution in [-0.4, -0.2) is 32.5 Å². The van der Waals surface area contributed by atoms with E-state index in [1.807, 2.05) is 13.8 Å². The zero-order chi connectivity index (χ0) is 15.3. The molecular weight excluding hydrogens is 277 g/mol. The fourth-order valence-electron chi connectivity index (χ4n) is 2.16. The van der Waals surface area contributed by atoms with Crippen LogP contribution in [0.5, 0.6) is 0 Å². The molecule has 0 saturated carbocycles. The molecule has 114 valence electrons. The molecule has 0 amide bonds. The van der Waals surface area contributed by atoms with Gasteiger partial charge in [-0.05, 0) is 56.5 Å². The van der Waals surface area contributed by atoms with Crippen molar-refractivity contribution in [3.8, 4) is 0 Å². The van der Waals surface area contributed by atoms with Crippen LogP contribution in [0.25, 0.3) is 0 Å². The Hall–Kier alpha value is -0.940. The minimum absolute atomic E-state index is 0.158. The van der Waals surface area contributed by atoms with Crippen LogP contribution in [0.4, 0.5) is 4.39 Å². The van der Waals surface area contributed by atoms with Crippen LogP contribution >= 0.6 is 0 Å². The molecule has 3 nitrogen and oxygen atoms in total. The second-order valence-electron chi connectivity index (χ2n) is 5.37. The van der Waals surface area contributed by atoms with Gasteiger partial charge in [0.05, 0.1) is 5.25 Å². The van der Waals surface area contributed by atoms with Gasteiger partial charge in [0.25, 0.3) is 0 Å². The average molecular weight is 301 g/mol. The molecule has 0 bridgehead atoms. The minimum atomic E-state index is -3.11. The van der Waals surface area contributed by atoms with Gasteiger partial charge >= 0.3 is 0 Å². The maximum Gasteiger partial charge on any atom is 0.151 e. The summed E-state index contributed by atoms with van der Waals surface area (Å²) in [6, 6.07) is 4.48. The molecule has 1 aromatic carbocycles. The van der Waals surface area contributed by atoms with Crippen molar-refractivity contribution in [2.75, 3.05) is 12.8 Å². The number of halogens is 1. The highest BCUT2D eigenvalue weighted by Gasteiger charge is 2.26. The van der Waals surface area contributed by atoms with Crippen LogP contribution in [0.15, 0.2) is 18.2 Å². The molecular formula is C15H24FNO2S. The second kappa shape index (κ2) is 7.18. The molecule has 0 saturated heterocycles. The van der Waals surface area contributed by atoms with Crippen LogP contribution in [0.2, 0.25) is 0 Å². The van der Waals surface area contributed by atoms with Gasteiger partial charge < -0.3 is 5.32 Å². The Morgan fingerprint density at radius 3 is 2.50 bits per heavy atom. The van der Waals surface area contributed by atoms with E-state index in [0.717, 1.165) is 24.1 Å². The lowest BCUT2D eigenvalue weighted by Crippen LogP contribution is -2.44. The normalized spacial score (nSPS) is 15.1. The van der Waals surface area contributed by atoms with Crippen LogP contribution in [0.3, 0.4) is 0 Å². The number of sulfone groups is 1. The lowest BCUT2D eigenvalue weighted by atomic mass is 9.99. The summed E-state index contributed by atoms with van der Waals surface area (Å²) in [7, 11) is -3.11. The molecule has 0 heterocycles. The largest absolute Gasteiger partial charge is 0.312 e. The Morgan fingerprint density at radius 1 is 1.35 bits per heavy atom. The summed E-state index contributed by atoms with van der Waals surface area (Å²) in [4.78, 5) is 0. The van der Waals surface area contributed by atoms with Gasteiger partial charge in [0.15, 0.2) is 9.84 Å². The Balaban J connectivity index is 2.94. The summed E-state index contributed by atoms with van der Waals surface area (Å²) in [6.07, 6.45) is 2.78. The van der Waals surface area contributed by atoms with Gasteiger partial charge in [-0.25, -0.2) is 12.8 Å². The van der Waals surface area contributed by atoms with Crippen molar-refractivity contribution in [3.05, 3.63) is 35.1 Å². The van der Waals surface area contributed by atoms with E-state index in [4.69, 9.17) is 0 Å². The van der Waals surface area contributed by atoms with E-state index in [0.29, 0.717) is 6.42 Å². The van der Waals surface area contributed by atoms with Crippen molar-refractivity contribution in [3.63, 3.8) is 0 Å². The number of nitrogens with one attached hydrogen (secondary N) is 1. The van der Waals surface area contributed by atoms with Crippen LogP contribution in [-0.2, 0) is 16.3 Å². The monoisotopic (exact) mass is 301 g/mol. The Bertz CT molecular complexity index is 543. The van der Waals surface area contributed by atoms with Crippen molar-refractivity contribution in [1.82, 2.24) is 5.32 Å². The lowest BCUT2D eigenvalue weighted by molar-refractivity contribution is 0.481. The van der Waals surface area contributed by atoms with Gasteiger partial charge in [0.1, 0.15) is 5.82 Å². The fourth-order valence-corrected chi connectivity index (χ4v) is 2.95. The highest BCUT2D eigenvalue weighted by atomic mass is 32.2. The number of hydrogen-bond acceptors (Lipinski definition) is 3. The molecule has 0 aromatic heterocycles. The number of benzene rings is 1. The van der Waals surface area contributed by atoms with Crippen LogP contribution in [0.1, 0.15) is 31.4 Å². The third kappa shape index (κ3) is 4.87. The van der Waals surface area contributed by atoms with E-state index < -0.39 is 15.1 Å². The molecule has 0 aliphatic rings. The van der Waals surface area contributed by atoms with E-state index in [1.165, 1.54) is 18.4 Å². The smallest absolute Gasteiger partial charge is 0.151 e. The predicted octanol–water partition coefficient (Wildman–Crippen LogP) is 2.48. The summed E-state index contributed by atoms with van der Waals surface area (Å²) in [6.45, 7) is 6.38. The quantitative estimate of drug-likeness (QED) is 0.841. The first-order valence-corrected chi connectivity index (χ1v) is 8.88. The molecule has 5 heteroatoms. The highest BCUT2D eigenvalue weighted by molar-refractivity contribution is 7.91.